The summed E-state index contributed by atoms with van der Waals surface area (Å²) in [6.45, 7) is 0. The van der Waals surface area contributed by atoms with Gasteiger partial charge in [0.1, 0.15) is 17.6 Å². The van der Waals surface area contributed by atoms with Crippen molar-refractivity contribution >= 4 is 22.3 Å². The van der Waals surface area contributed by atoms with E-state index in [1.807, 2.05) is 24.3 Å². The maximum absolute atomic E-state index is 12.6. The first-order valence-corrected chi connectivity index (χ1v) is 7.63. The summed E-state index contributed by atoms with van der Waals surface area (Å²) in [7, 11) is 0. The SMILES string of the molecule is O=C1C=CC(=O)C12[C@@H](O)C=CC21Oc2cccc3cccc(c23)O1. The smallest absolute Gasteiger partial charge is 0.294 e. The number of ether oxygens (including phenoxy) is 2. The quantitative estimate of drug-likeness (QED) is 0.593. The van der Waals surface area contributed by atoms with Gasteiger partial charge in [-0.05, 0) is 35.7 Å². The van der Waals surface area contributed by atoms with E-state index in [0.29, 0.717) is 11.5 Å². The molecule has 3 aliphatic rings. The number of aliphatic hydroxyl groups is 1. The number of benzene rings is 2. The van der Waals surface area contributed by atoms with E-state index in [9.17, 15) is 14.7 Å². The minimum Gasteiger partial charge on any atom is -0.446 e. The molecule has 2 aromatic carbocycles. The molecule has 24 heavy (non-hydrogen) atoms. The average molecular weight is 320 g/mol. The molecule has 0 unspecified atom stereocenters. The Hall–Kier alpha value is -2.92. The number of hydrogen-bond acceptors (Lipinski definition) is 5. The molecule has 5 rings (SSSR count). The molecule has 1 aliphatic heterocycles. The van der Waals surface area contributed by atoms with E-state index < -0.39 is 28.9 Å². The molecular formula is C19H12O5. The van der Waals surface area contributed by atoms with Crippen LogP contribution in [-0.2, 0) is 9.59 Å². The largest absolute Gasteiger partial charge is 0.446 e. The molecule has 0 saturated heterocycles. The number of allylic oxidation sites excluding steroid dienone is 2. The zero-order valence-electron chi connectivity index (χ0n) is 12.4. The number of aliphatic hydroxyl groups excluding tert-OH is 1. The van der Waals surface area contributed by atoms with Gasteiger partial charge in [0.05, 0.1) is 5.39 Å². The fourth-order valence-corrected chi connectivity index (χ4v) is 3.89. The van der Waals surface area contributed by atoms with Crippen molar-refractivity contribution in [2.24, 2.45) is 5.41 Å². The molecule has 0 fully saturated rings. The summed E-state index contributed by atoms with van der Waals surface area (Å²) in [4.78, 5) is 25.2. The zero-order valence-corrected chi connectivity index (χ0v) is 12.4. The fourth-order valence-electron chi connectivity index (χ4n) is 3.89. The Morgan fingerprint density at radius 3 is 2.08 bits per heavy atom. The van der Waals surface area contributed by atoms with E-state index in [-0.39, 0.29) is 0 Å². The molecule has 0 amide bonds. The third-order valence-corrected chi connectivity index (χ3v) is 5.01. The second-order valence-electron chi connectivity index (χ2n) is 6.16. The number of rotatable bonds is 0. The molecule has 0 saturated carbocycles. The van der Waals surface area contributed by atoms with Crippen LogP contribution in [0.2, 0.25) is 0 Å². The highest BCUT2D eigenvalue weighted by Crippen LogP contribution is 2.54. The van der Waals surface area contributed by atoms with Gasteiger partial charge in [-0.2, -0.15) is 0 Å². The van der Waals surface area contributed by atoms with Crippen molar-refractivity contribution in [3.05, 3.63) is 60.7 Å². The lowest BCUT2D eigenvalue weighted by molar-refractivity contribution is -0.188. The van der Waals surface area contributed by atoms with Gasteiger partial charge in [-0.3, -0.25) is 9.59 Å². The van der Waals surface area contributed by atoms with E-state index >= 15 is 0 Å². The van der Waals surface area contributed by atoms with Gasteiger partial charge in [-0.25, -0.2) is 0 Å². The van der Waals surface area contributed by atoms with Crippen LogP contribution in [0.4, 0.5) is 0 Å². The summed E-state index contributed by atoms with van der Waals surface area (Å²) >= 11 is 0. The molecule has 2 spiro atoms. The van der Waals surface area contributed by atoms with Crippen LogP contribution in [0.15, 0.2) is 60.7 Å². The third-order valence-electron chi connectivity index (χ3n) is 5.01. The molecule has 1 atom stereocenters. The van der Waals surface area contributed by atoms with Gasteiger partial charge in [0.2, 0.25) is 5.41 Å². The van der Waals surface area contributed by atoms with Crippen LogP contribution < -0.4 is 9.47 Å². The van der Waals surface area contributed by atoms with Crippen LogP contribution in [-0.4, -0.2) is 28.6 Å². The van der Waals surface area contributed by atoms with Crippen molar-refractivity contribution < 1.29 is 24.2 Å². The van der Waals surface area contributed by atoms with E-state index in [2.05, 4.69) is 0 Å². The molecule has 0 radical (unpaired) electrons. The summed E-state index contributed by atoms with van der Waals surface area (Å²) in [5, 5.41) is 12.2. The van der Waals surface area contributed by atoms with E-state index in [1.165, 1.54) is 24.3 Å². The second kappa shape index (κ2) is 4.13. The Morgan fingerprint density at radius 1 is 0.917 bits per heavy atom. The number of carbonyl (C=O) groups excluding carboxylic acids is 2. The molecular weight excluding hydrogens is 308 g/mol. The van der Waals surface area contributed by atoms with Gasteiger partial charge in [0.15, 0.2) is 11.6 Å². The first-order valence-electron chi connectivity index (χ1n) is 7.63. The second-order valence-corrected chi connectivity index (χ2v) is 6.16. The van der Waals surface area contributed by atoms with Crippen molar-refractivity contribution in [3.63, 3.8) is 0 Å². The Balaban J connectivity index is 1.77. The number of hydrogen-bond donors (Lipinski definition) is 1. The Kier molecular flexibility index (Phi) is 2.32. The lowest BCUT2D eigenvalue weighted by atomic mass is 9.74. The molecule has 0 bridgehead atoms. The van der Waals surface area contributed by atoms with Crippen molar-refractivity contribution in [1.29, 1.82) is 0 Å². The first kappa shape index (κ1) is 13.5. The van der Waals surface area contributed by atoms with E-state index in [1.54, 1.807) is 12.1 Å². The normalized spacial score (nSPS) is 24.8. The zero-order chi connectivity index (χ0) is 16.5. The summed E-state index contributed by atoms with van der Waals surface area (Å²) in [6, 6.07) is 11.0. The first-order chi connectivity index (χ1) is 11.6. The van der Waals surface area contributed by atoms with Gasteiger partial charge in [-0.15, -0.1) is 0 Å². The Labute approximate surface area is 136 Å². The van der Waals surface area contributed by atoms with Crippen LogP contribution in [0.25, 0.3) is 10.8 Å². The minimum atomic E-state index is -1.83. The van der Waals surface area contributed by atoms with Crippen molar-refractivity contribution in [1.82, 2.24) is 0 Å². The van der Waals surface area contributed by atoms with E-state index in [4.69, 9.17) is 9.47 Å². The van der Waals surface area contributed by atoms with Crippen molar-refractivity contribution in [2.75, 3.05) is 0 Å². The Bertz CT molecular complexity index is 926. The highest BCUT2D eigenvalue weighted by Gasteiger charge is 2.72. The van der Waals surface area contributed by atoms with Crippen LogP contribution in [0.3, 0.4) is 0 Å². The predicted molar refractivity (Wildman–Crippen MR) is 84.7 cm³/mol. The van der Waals surface area contributed by atoms with Gasteiger partial charge in [0.25, 0.3) is 5.79 Å². The monoisotopic (exact) mass is 320 g/mol. The lowest BCUT2D eigenvalue weighted by Gasteiger charge is -2.44. The minimum absolute atomic E-state index is 0.514. The van der Waals surface area contributed by atoms with Gasteiger partial charge in [0, 0.05) is 0 Å². The highest BCUT2D eigenvalue weighted by molar-refractivity contribution is 6.24. The molecule has 118 valence electrons. The molecule has 2 aromatic rings. The van der Waals surface area contributed by atoms with Gasteiger partial charge < -0.3 is 14.6 Å². The molecule has 2 aliphatic carbocycles. The maximum atomic E-state index is 12.6. The molecule has 1 heterocycles. The van der Waals surface area contributed by atoms with Crippen LogP contribution >= 0.6 is 0 Å². The fraction of sp³-hybridized carbons (Fsp3) is 0.158. The number of ketones is 2. The molecule has 1 N–H and O–H groups in total. The van der Waals surface area contributed by atoms with Crippen LogP contribution in [0, 0.1) is 5.41 Å². The Morgan fingerprint density at radius 2 is 1.50 bits per heavy atom. The van der Waals surface area contributed by atoms with Crippen molar-refractivity contribution in [3.8, 4) is 11.5 Å². The lowest BCUT2D eigenvalue weighted by Crippen LogP contribution is -2.63. The molecule has 5 nitrogen and oxygen atoms in total. The summed E-state index contributed by atoms with van der Waals surface area (Å²) in [5.74, 6) is -1.69. The molecule has 0 aromatic heterocycles. The highest BCUT2D eigenvalue weighted by atomic mass is 16.7. The summed E-state index contributed by atoms with van der Waals surface area (Å²) in [5.41, 5.74) is -1.83. The van der Waals surface area contributed by atoms with Gasteiger partial charge in [-0.1, -0.05) is 30.3 Å². The van der Waals surface area contributed by atoms with Crippen LogP contribution in [0.1, 0.15) is 0 Å². The third kappa shape index (κ3) is 1.31. The number of carbonyl (C=O) groups is 2. The molecule has 5 heteroatoms. The van der Waals surface area contributed by atoms with Crippen molar-refractivity contribution in [2.45, 2.75) is 11.9 Å². The standard InChI is InChI=1S/C19H12O5/c20-14-7-8-15(21)19(14)16(22)9-10-18(19)23-12-5-1-3-11-4-2-6-13(24-18)17(11)12/h1-10,16,22H/t16-/m0/s1. The summed E-state index contributed by atoms with van der Waals surface area (Å²) < 4.78 is 12.1. The predicted octanol–water partition coefficient (Wildman–Crippen LogP) is 1.93. The van der Waals surface area contributed by atoms with Gasteiger partial charge >= 0.3 is 0 Å². The number of fused-ring (bicyclic) bond motifs is 1. The van der Waals surface area contributed by atoms with Crippen LogP contribution in [0.5, 0.6) is 11.5 Å². The maximum Gasteiger partial charge on any atom is 0.294 e. The topological polar surface area (TPSA) is 72.8 Å². The van der Waals surface area contributed by atoms with E-state index in [0.717, 1.165) is 10.8 Å². The average Bonchev–Trinajstić information content (AvgIpc) is 3.03. The summed E-state index contributed by atoms with van der Waals surface area (Å²) in [6.07, 6.45) is 3.89.